The number of anilines is 3. The lowest BCUT2D eigenvalue weighted by Gasteiger charge is -2.38. The van der Waals surface area contributed by atoms with E-state index in [1.807, 2.05) is 72.8 Å². The number of nitrogen functional groups attached to an aromatic ring is 1. The van der Waals surface area contributed by atoms with Crippen LogP contribution in [0.3, 0.4) is 0 Å². The van der Waals surface area contributed by atoms with Crippen molar-refractivity contribution < 1.29 is 24.2 Å². The summed E-state index contributed by atoms with van der Waals surface area (Å²) in [6.07, 6.45) is 1.32. The summed E-state index contributed by atoms with van der Waals surface area (Å²) in [7, 11) is 0. The van der Waals surface area contributed by atoms with Gasteiger partial charge in [-0.2, -0.15) is 0 Å². The van der Waals surface area contributed by atoms with Crippen molar-refractivity contribution in [2.24, 2.45) is 0 Å². The Kier molecular flexibility index (Phi) is 13.4. The number of nitrogens with zero attached hydrogens (tertiary/aromatic N) is 1. The van der Waals surface area contributed by atoms with Gasteiger partial charge in [-0.05, 0) is 59.4 Å². The van der Waals surface area contributed by atoms with Crippen molar-refractivity contribution in [3.8, 4) is 0 Å². The van der Waals surface area contributed by atoms with Gasteiger partial charge in [-0.25, -0.2) is 0 Å². The van der Waals surface area contributed by atoms with Crippen molar-refractivity contribution in [3.05, 3.63) is 161 Å². The van der Waals surface area contributed by atoms with E-state index in [1.165, 1.54) is 11.1 Å². The van der Waals surface area contributed by atoms with Crippen molar-refractivity contribution in [2.45, 2.75) is 70.3 Å². The molecule has 3 atom stereocenters. The monoisotopic (exact) mass is 712 g/mol. The van der Waals surface area contributed by atoms with Gasteiger partial charge in [0.1, 0.15) is 0 Å². The van der Waals surface area contributed by atoms with Crippen LogP contribution in [0.1, 0.15) is 72.3 Å². The highest BCUT2D eigenvalue weighted by Gasteiger charge is 2.33. The Bertz CT molecular complexity index is 1860. The van der Waals surface area contributed by atoms with Crippen molar-refractivity contribution in [2.75, 3.05) is 22.9 Å². The summed E-state index contributed by atoms with van der Waals surface area (Å²) in [5.41, 5.74) is 12.8. The first-order valence-corrected chi connectivity index (χ1v) is 18.3. The molecule has 0 aromatic heterocycles. The first-order chi connectivity index (χ1) is 25.9. The van der Waals surface area contributed by atoms with E-state index >= 15 is 0 Å². The van der Waals surface area contributed by atoms with Crippen LogP contribution in [0.15, 0.2) is 133 Å². The molecule has 0 aliphatic carbocycles. The molecular weight excluding hydrogens is 665 g/mol. The Morgan fingerprint density at radius 3 is 1.94 bits per heavy atom. The SMILES string of the molecule is Nc1ccccc1NC(=O)CCCCC(=O)Nc1cccc(C2OC(CN(Cc3ccccc3)Cc3ccccc3)CC(c3ccc(CO)cc3)O2)c1. The smallest absolute Gasteiger partial charge is 0.224 e. The molecule has 6 rings (SSSR count). The topological polar surface area (TPSA) is 126 Å². The summed E-state index contributed by atoms with van der Waals surface area (Å²) in [4.78, 5) is 27.7. The molecule has 1 heterocycles. The number of aliphatic hydroxyl groups is 1. The first kappa shape index (κ1) is 37.4. The van der Waals surface area contributed by atoms with Crippen LogP contribution in [0.25, 0.3) is 0 Å². The quantitative estimate of drug-likeness (QED) is 0.0601. The number of ether oxygens (including phenoxy) is 2. The third-order valence-corrected chi connectivity index (χ3v) is 9.31. The minimum Gasteiger partial charge on any atom is -0.397 e. The molecule has 274 valence electrons. The van der Waals surface area contributed by atoms with Crippen LogP contribution in [-0.2, 0) is 38.8 Å². The zero-order valence-electron chi connectivity index (χ0n) is 29.9. The maximum absolute atomic E-state index is 12.9. The van der Waals surface area contributed by atoms with E-state index < -0.39 is 6.29 Å². The third-order valence-electron chi connectivity index (χ3n) is 9.31. The molecule has 0 saturated carbocycles. The number of nitrogens with one attached hydrogen (secondary N) is 2. The predicted molar refractivity (Wildman–Crippen MR) is 208 cm³/mol. The molecule has 53 heavy (non-hydrogen) atoms. The minimum absolute atomic E-state index is 0.0221. The van der Waals surface area contributed by atoms with E-state index in [1.54, 1.807) is 12.1 Å². The largest absolute Gasteiger partial charge is 0.397 e. The summed E-state index contributed by atoms with van der Waals surface area (Å²) >= 11 is 0. The van der Waals surface area contributed by atoms with Gasteiger partial charge in [-0.15, -0.1) is 0 Å². The molecule has 5 aromatic rings. The molecule has 3 unspecified atom stereocenters. The van der Waals surface area contributed by atoms with Gasteiger partial charge >= 0.3 is 0 Å². The number of hydrogen-bond donors (Lipinski definition) is 4. The molecule has 1 saturated heterocycles. The minimum atomic E-state index is -0.666. The molecule has 5 N–H and O–H groups in total. The van der Waals surface area contributed by atoms with Crippen LogP contribution >= 0.6 is 0 Å². The van der Waals surface area contributed by atoms with Gasteiger partial charge in [0.2, 0.25) is 11.8 Å². The summed E-state index contributed by atoms with van der Waals surface area (Å²) < 4.78 is 13.4. The molecule has 2 amide bonds. The number of rotatable bonds is 16. The molecule has 1 aliphatic rings. The normalized spacial score (nSPS) is 17.0. The molecule has 0 radical (unpaired) electrons. The van der Waals surface area contributed by atoms with Crippen molar-refractivity contribution in [1.29, 1.82) is 0 Å². The molecule has 0 bridgehead atoms. The Labute approximate surface area is 311 Å². The van der Waals surface area contributed by atoms with E-state index in [9.17, 15) is 14.7 Å². The van der Waals surface area contributed by atoms with Crippen LogP contribution in [-0.4, -0.2) is 34.5 Å². The average Bonchev–Trinajstić information content (AvgIpc) is 3.18. The maximum Gasteiger partial charge on any atom is 0.224 e. The lowest BCUT2D eigenvalue weighted by molar-refractivity contribution is -0.253. The fourth-order valence-electron chi connectivity index (χ4n) is 6.57. The number of amides is 2. The second-order valence-electron chi connectivity index (χ2n) is 13.5. The van der Waals surface area contributed by atoms with Gasteiger partial charge < -0.3 is 30.9 Å². The molecule has 9 nitrogen and oxygen atoms in total. The Morgan fingerprint density at radius 2 is 1.30 bits per heavy atom. The highest BCUT2D eigenvalue weighted by atomic mass is 16.7. The molecule has 9 heteroatoms. The Morgan fingerprint density at radius 1 is 0.679 bits per heavy atom. The predicted octanol–water partition coefficient (Wildman–Crippen LogP) is 8.15. The third kappa shape index (κ3) is 11.3. The van der Waals surface area contributed by atoms with E-state index in [0.29, 0.717) is 49.3 Å². The standard InChI is InChI=1S/C44H48N4O5/c45-39-18-7-8-19-40(39)47-43(51)21-10-9-20-42(50)46-37-17-11-16-36(26-37)44-52-38(27-41(53-44)35-24-22-34(31-49)23-25-35)30-48(28-32-12-3-1-4-13-32)29-33-14-5-2-6-15-33/h1-8,11-19,22-26,38,41,44,49H,9-10,20-21,27-31,45H2,(H,46,50)(H,47,51). The highest BCUT2D eigenvalue weighted by Crippen LogP contribution is 2.39. The molecular formula is C44H48N4O5. The van der Waals surface area contributed by atoms with Gasteiger partial charge in [0, 0.05) is 50.1 Å². The van der Waals surface area contributed by atoms with E-state index in [0.717, 1.165) is 29.8 Å². The van der Waals surface area contributed by atoms with Gasteiger partial charge in [0.15, 0.2) is 6.29 Å². The first-order valence-electron chi connectivity index (χ1n) is 18.3. The summed E-state index contributed by atoms with van der Waals surface area (Å²) in [6.45, 7) is 2.20. The van der Waals surface area contributed by atoms with E-state index in [2.05, 4.69) is 64.1 Å². The van der Waals surface area contributed by atoms with Crippen LogP contribution in [0, 0.1) is 0 Å². The Hall–Kier alpha value is -5.32. The fraction of sp³-hybridized carbons (Fsp3) is 0.273. The second kappa shape index (κ2) is 19.0. The number of hydrogen-bond acceptors (Lipinski definition) is 7. The van der Waals surface area contributed by atoms with Gasteiger partial charge in [0.25, 0.3) is 0 Å². The average molecular weight is 713 g/mol. The number of carbonyl (C=O) groups excluding carboxylic acids is 2. The van der Waals surface area contributed by atoms with Gasteiger partial charge in [0.05, 0.1) is 30.2 Å². The second-order valence-corrected chi connectivity index (χ2v) is 13.5. The van der Waals surface area contributed by atoms with Crippen LogP contribution in [0.5, 0.6) is 0 Å². The zero-order valence-corrected chi connectivity index (χ0v) is 29.9. The van der Waals surface area contributed by atoms with Crippen molar-refractivity contribution in [1.82, 2.24) is 4.90 Å². The summed E-state index contributed by atoms with van der Waals surface area (Å²) in [6, 6.07) is 43.6. The molecule has 0 spiro atoms. The van der Waals surface area contributed by atoms with E-state index in [4.69, 9.17) is 15.2 Å². The van der Waals surface area contributed by atoms with Crippen LogP contribution in [0.2, 0.25) is 0 Å². The molecule has 5 aromatic carbocycles. The Balaban J connectivity index is 1.11. The lowest BCUT2D eigenvalue weighted by Crippen LogP contribution is -2.39. The fourth-order valence-corrected chi connectivity index (χ4v) is 6.57. The number of carbonyl (C=O) groups is 2. The zero-order chi connectivity index (χ0) is 36.8. The number of unbranched alkanes of at least 4 members (excludes halogenated alkanes) is 1. The van der Waals surface area contributed by atoms with Crippen LogP contribution in [0.4, 0.5) is 17.1 Å². The summed E-state index contributed by atoms with van der Waals surface area (Å²) in [5.74, 6) is -0.259. The van der Waals surface area contributed by atoms with E-state index in [-0.39, 0.29) is 37.0 Å². The van der Waals surface area contributed by atoms with Crippen molar-refractivity contribution >= 4 is 28.9 Å². The molecule has 1 fully saturated rings. The van der Waals surface area contributed by atoms with Gasteiger partial charge in [-0.3, -0.25) is 14.5 Å². The number of para-hydroxylation sites is 2. The maximum atomic E-state index is 12.9. The summed E-state index contributed by atoms with van der Waals surface area (Å²) in [5, 5.41) is 15.5. The van der Waals surface area contributed by atoms with Crippen molar-refractivity contribution in [3.63, 3.8) is 0 Å². The van der Waals surface area contributed by atoms with Crippen LogP contribution < -0.4 is 16.4 Å². The number of benzene rings is 5. The molecule has 1 aliphatic heterocycles. The number of aliphatic hydroxyl groups excluding tert-OH is 1. The van der Waals surface area contributed by atoms with Gasteiger partial charge in [-0.1, -0.05) is 109 Å². The highest BCUT2D eigenvalue weighted by molar-refractivity contribution is 5.94. The lowest BCUT2D eigenvalue weighted by atomic mass is 9.99. The number of nitrogens with two attached hydrogens (primary N) is 1.